The molecule has 0 radical (unpaired) electrons. The van der Waals surface area contributed by atoms with Gasteiger partial charge in [0, 0.05) is 30.7 Å². The minimum atomic E-state index is 0.952. The van der Waals surface area contributed by atoms with E-state index in [-0.39, 0.29) is 0 Å². The Hall–Kier alpha value is -1.80. The number of benzene rings is 2. The van der Waals surface area contributed by atoms with Crippen LogP contribution in [0, 0.1) is 0 Å². The first kappa shape index (κ1) is 13.6. The number of likely N-dealkylation sites (N-methyl/N-ethyl adjacent to an activating group) is 1. The highest BCUT2D eigenvalue weighted by molar-refractivity contribution is 5.93. The van der Waals surface area contributed by atoms with Crippen molar-refractivity contribution in [1.82, 2.24) is 4.90 Å². The van der Waals surface area contributed by atoms with Crippen LogP contribution in [-0.4, -0.2) is 31.1 Å². The molecule has 0 saturated heterocycles. The van der Waals surface area contributed by atoms with Gasteiger partial charge in [0.2, 0.25) is 0 Å². The standard InChI is InChI=1S/C17H22N2/c1-3-13-19(4-2)14-12-18-17-11-7-9-15-8-5-6-10-16(15)17/h3,5-11,18H,1,4,12-14H2,2H3. The van der Waals surface area contributed by atoms with E-state index in [1.165, 1.54) is 16.5 Å². The lowest BCUT2D eigenvalue weighted by Gasteiger charge is -2.19. The van der Waals surface area contributed by atoms with Crippen molar-refractivity contribution in [3.8, 4) is 0 Å². The topological polar surface area (TPSA) is 15.3 Å². The lowest BCUT2D eigenvalue weighted by Crippen LogP contribution is -2.29. The summed E-state index contributed by atoms with van der Waals surface area (Å²) in [5, 5.41) is 6.11. The van der Waals surface area contributed by atoms with E-state index in [9.17, 15) is 0 Å². The average Bonchev–Trinajstić information content (AvgIpc) is 2.46. The van der Waals surface area contributed by atoms with E-state index >= 15 is 0 Å². The van der Waals surface area contributed by atoms with Gasteiger partial charge < -0.3 is 5.32 Å². The Labute approximate surface area is 115 Å². The van der Waals surface area contributed by atoms with Gasteiger partial charge in [-0.3, -0.25) is 4.90 Å². The Morgan fingerprint density at radius 2 is 1.95 bits per heavy atom. The third-order valence-corrected chi connectivity index (χ3v) is 3.37. The van der Waals surface area contributed by atoms with E-state index in [2.05, 4.69) is 66.2 Å². The molecule has 0 spiro atoms. The second-order valence-corrected chi connectivity index (χ2v) is 4.64. The highest BCUT2D eigenvalue weighted by Gasteiger charge is 2.01. The highest BCUT2D eigenvalue weighted by atomic mass is 15.1. The van der Waals surface area contributed by atoms with E-state index in [1.54, 1.807) is 0 Å². The molecule has 100 valence electrons. The quantitative estimate of drug-likeness (QED) is 0.757. The van der Waals surface area contributed by atoms with Crippen LogP contribution in [0.25, 0.3) is 10.8 Å². The van der Waals surface area contributed by atoms with Crippen LogP contribution < -0.4 is 5.32 Å². The monoisotopic (exact) mass is 254 g/mol. The van der Waals surface area contributed by atoms with Crippen molar-refractivity contribution in [2.45, 2.75) is 6.92 Å². The zero-order chi connectivity index (χ0) is 13.5. The van der Waals surface area contributed by atoms with Crippen LogP contribution in [0.4, 0.5) is 5.69 Å². The molecule has 2 heteroatoms. The molecule has 0 bridgehead atoms. The van der Waals surface area contributed by atoms with E-state index in [4.69, 9.17) is 0 Å². The van der Waals surface area contributed by atoms with Crippen molar-refractivity contribution < 1.29 is 0 Å². The molecule has 0 aliphatic rings. The summed E-state index contributed by atoms with van der Waals surface area (Å²) in [6, 6.07) is 14.9. The highest BCUT2D eigenvalue weighted by Crippen LogP contribution is 2.22. The maximum atomic E-state index is 3.79. The van der Waals surface area contributed by atoms with Crippen LogP contribution in [0.2, 0.25) is 0 Å². The lowest BCUT2D eigenvalue weighted by molar-refractivity contribution is 0.332. The molecule has 0 heterocycles. The van der Waals surface area contributed by atoms with Crippen LogP contribution in [0.15, 0.2) is 55.1 Å². The van der Waals surface area contributed by atoms with E-state index in [0.29, 0.717) is 0 Å². The summed E-state index contributed by atoms with van der Waals surface area (Å²) in [6.45, 7) is 9.97. The predicted octanol–water partition coefficient (Wildman–Crippen LogP) is 3.76. The van der Waals surface area contributed by atoms with E-state index in [0.717, 1.165) is 26.2 Å². The first-order valence-electron chi connectivity index (χ1n) is 6.90. The Bertz CT molecular complexity index is 528. The van der Waals surface area contributed by atoms with Gasteiger partial charge in [-0.25, -0.2) is 0 Å². The van der Waals surface area contributed by atoms with E-state index in [1.807, 2.05) is 6.08 Å². The number of nitrogens with one attached hydrogen (secondary N) is 1. The van der Waals surface area contributed by atoms with Crippen LogP contribution in [-0.2, 0) is 0 Å². The van der Waals surface area contributed by atoms with Gasteiger partial charge in [0.05, 0.1) is 0 Å². The number of hydrogen-bond donors (Lipinski definition) is 1. The number of nitrogens with zero attached hydrogens (tertiary/aromatic N) is 1. The van der Waals surface area contributed by atoms with Gasteiger partial charge >= 0.3 is 0 Å². The number of hydrogen-bond acceptors (Lipinski definition) is 2. The first-order chi connectivity index (χ1) is 9.35. The second-order valence-electron chi connectivity index (χ2n) is 4.64. The molecule has 0 atom stereocenters. The third kappa shape index (κ3) is 3.58. The molecule has 0 unspecified atom stereocenters. The van der Waals surface area contributed by atoms with Crippen LogP contribution in [0.1, 0.15) is 6.92 Å². The maximum absolute atomic E-state index is 3.79. The summed E-state index contributed by atoms with van der Waals surface area (Å²) in [6.07, 6.45) is 1.96. The average molecular weight is 254 g/mol. The van der Waals surface area contributed by atoms with Crippen molar-refractivity contribution in [1.29, 1.82) is 0 Å². The van der Waals surface area contributed by atoms with Crippen molar-refractivity contribution in [3.05, 3.63) is 55.1 Å². The lowest BCUT2D eigenvalue weighted by atomic mass is 10.1. The van der Waals surface area contributed by atoms with Gasteiger partial charge in [-0.2, -0.15) is 0 Å². The fourth-order valence-electron chi connectivity index (χ4n) is 2.29. The Balaban J connectivity index is 2.00. The van der Waals surface area contributed by atoms with Gasteiger partial charge in [0.25, 0.3) is 0 Å². The Morgan fingerprint density at radius 3 is 2.74 bits per heavy atom. The summed E-state index contributed by atoms with van der Waals surface area (Å²) in [5.74, 6) is 0. The molecule has 2 nitrogen and oxygen atoms in total. The minimum Gasteiger partial charge on any atom is -0.383 e. The predicted molar refractivity (Wildman–Crippen MR) is 84.7 cm³/mol. The number of anilines is 1. The molecule has 0 aliphatic heterocycles. The van der Waals surface area contributed by atoms with Crippen molar-refractivity contribution in [2.75, 3.05) is 31.5 Å². The summed E-state index contributed by atoms with van der Waals surface area (Å²) in [4.78, 5) is 2.37. The summed E-state index contributed by atoms with van der Waals surface area (Å²) in [7, 11) is 0. The summed E-state index contributed by atoms with van der Waals surface area (Å²) < 4.78 is 0. The smallest absolute Gasteiger partial charge is 0.0420 e. The zero-order valence-corrected chi connectivity index (χ0v) is 11.6. The molecule has 0 saturated carbocycles. The van der Waals surface area contributed by atoms with E-state index < -0.39 is 0 Å². The summed E-state index contributed by atoms with van der Waals surface area (Å²) >= 11 is 0. The van der Waals surface area contributed by atoms with Gasteiger partial charge in [0.1, 0.15) is 0 Å². The molecular formula is C17H22N2. The normalized spacial score (nSPS) is 10.8. The number of rotatable bonds is 7. The van der Waals surface area contributed by atoms with Crippen LogP contribution in [0.5, 0.6) is 0 Å². The van der Waals surface area contributed by atoms with Crippen LogP contribution >= 0.6 is 0 Å². The zero-order valence-electron chi connectivity index (χ0n) is 11.6. The molecule has 0 fully saturated rings. The second kappa shape index (κ2) is 6.95. The molecule has 2 rings (SSSR count). The molecule has 0 aliphatic carbocycles. The molecule has 19 heavy (non-hydrogen) atoms. The van der Waals surface area contributed by atoms with Crippen molar-refractivity contribution in [3.63, 3.8) is 0 Å². The maximum Gasteiger partial charge on any atom is 0.0420 e. The summed E-state index contributed by atoms with van der Waals surface area (Å²) in [5.41, 5.74) is 1.22. The van der Waals surface area contributed by atoms with Gasteiger partial charge in [-0.05, 0) is 18.0 Å². The van der Waals surface area contributed by atoms with Gasteiger partial charge in [-0.15, -0.1) is 6.58 Å². The largest absolute Gasteiger partial charge is 0.383 e. The SMILES string of the molecule is C=CCN(CC)CCNc1cccc2ccccc12. The minimum absolute atomic E-state index is 0.952. The first-order valence-corrected chi connectivity index (χ1v) is 6.90. The number of fused-ring (bicyclic) bond motifs is 1. The fourth-order valence-corrected chi connectivity index (χ4v) is 2.29. The van der Waals surface area contributed by atoms with Crippen molar-refractivity contribution in [2.24, 2.45) is 0 Å². The van der Waals surface area contributed by atoms with Gasteiger partial charge in [-0.1, -0.05) is 49.4 Å². The van der Waals surface area contributed by atoms with Crippen LogP contribution in [0.3, 0.4) is 0 Å². The molecule has 2 aromatic rings. The fraction of sp³-hybridized carbons (Fsp3) is 0.294. The molecule has 2 aromatic carbocycles. The molecular weight excluding hydrogens is 232 g/mol. The molecule has 0 amide bonds. The Morgan fingerprint density at radius 1 is 1.16 bits per heavy atom. The van der Waals surface area contributed by atoms with Crippen molar-refractivity contribution >= 4 is 16.5 Å². The third-order valence-electron chi connectivity index (χ3n) is 3.37. The Kier molecular flexibility index (Phi) is 4.99. The molecule has 0 aromatic heterocycles. The van der Waals surface area contributed by atoms with Gasteiger partial charge in [0.15, 0.2) is 0 Å². The molecule has 1 N–H and O–H groups in total.